The third kappa shape index (κ3) is 3.23. The lowest BCUT2D eigenvalue weighted by atomic mass is 10.2. The fraction of sp³-hybridized carbons (Fsp3) is 0.400. The van der Waals surface area contributed by atoms with Crippen LogP contribution in [0.2, 0.25) is 0 Å². The second kappa shape index (κ2) is 4.47. The first-order valence-electron chi connectivity index (χ1n) is 4.17. The summed E-state index contributed by atoms with van der Waals surface area (Å²) in [4.78, 5) is 0. The van der Waals surface area contributed by atoms with Crippen molar-refractivity contribution in [2.45, 2.75) is 13.8 Å². The summed E-state index contributed by atoms with van der Waals surface area (Å²) in [5.74, 6) is 1.54. The molecule has 0 saturated heterocycles. The van der Waals surface area contributed by atoms with Gasteiger partial charge in [-0.05, 0) is 23.4 Å². The first-order valence-corrected chi connectivity index (χ1v) is 4.74. The number of hydrogen-bond donors (Lipinski definition) is 0. The second-order valence-corrected chi connectivity index (χ2v) is 3.94. The lowest BCUT2D eigenvalue weighted by molar-refractivity contribution is 0.271. The molecule has 0 aliphatic carbocycles. The molecule has 0 N–H and O–H groups in total. The maximum atomic E-state index is 5.51. The minimum absolute atomic E-state index is 0.584. The molecule has 1 aromatic carbocycles. The van der Waals surface area contributed by atoms with Crippen LogP contribution in [0.3, 0.4) is 0 Å². The van der Waals surface area contributed by atoms with Crippen molar-refractivity contribution < 1.29 is 4.74 Å². The molecule has 0 saturated carbocycles. The molecule has 1 rings (SSSR count). The van der Waals surface area contributed by atoms with Crippen LogP contribution in [0, 0.1) is 5.92 Å². The highest BCUT2D eigenvalue weighted by molar-refractivity contribution is 7.27. The van der Waals surface area contributed by atoms with E-state index in [1.54, 1.807) is 0 Å². The monoisotopic (exact) mass is 182 g/mol. The molecular formula is C10H15OP. The molecule has 0 aliphatic heterocycles. The SMILES string of the molecule is CC(C)COc1ccc(P)cc1. The molecule has 2 heteroatoms. The Kier molecular flexibility index (Phi) is 3.55. The van der Waals surface area contributed by atoms with Crippen molar-refractivity contribution >= 4 is 14.5 Å². The fourth-order valence-corrected chi connectivity index (χ4v) is 1.02. The van der Waals surface area contributed by atoms with E-state index in [4.69, 9.17) is 4.74 Å². The number of rotatable bonds is 3. The summed E-state index contributed by atoms with van der Waals surface area (Å²) >= 11 is 0. The van der Waals surface area contributed by atoms with Gasteiger partial charge in [0.1, 0.15) is 5.75 Å². The van der Waals surface area contributed by atoms with E-state index in [-0.39, 0.29) is 0 Å². The summed E-state index contributed by atoms with van der Waals surface area (Å²) in [7, 11) is 2.65. The Hall–Kier alpha value is -0.550. The molecule has 12 heavy (non-hydrogen) atoms. The summed E-state index contributed by atoms with van der Waals surface area (Å²) in [6.07, 6.45) is 0. The first-order chi connectivity index (χ1) is 5.68. The van der Waals surface area contributed by atoms with Gasteiger partial charge in [-0.1, -0.05) is 26.0 Å². The van der Waals surface area contributed by atoms with Crippen LogP contribution in [-0.2, 0) is 0 Å². The second-order valence-electron chi connectivity index (χ2n) is 3.27. The molecule has 0 fully saturated rings. The van der Waals surface area contributed by atoms with Gasteiger partial charge in [0.05, 0.1) is 6.61 Å². The van der Waals surface area contributed by atoms with Crippen molar-refractivity contribution in [3.8, 4) is 5.75 Å². The van der Waals surface area contributed by atoms with Crippen molar-refractivity contribution in [1.29, 1.82) is 0 Å². The van der Waals surface area contributed by atoms with Gasteiger partial charge >= 0.3 is 0 Å². The van der Waals surface area contributed by atoms with E-state index < -0.39 is 0 Å². The maximum absolute atomic E-state index is 5.51. The summed E-state index contributed by atoms with van der Waals surface area (Å²) in [6.45, 7) is 5.07. The molecule has 0 bridgehead atoms. The van der Waals surface area contributed by atoms with Crippen molar-refractivity contribution in [3.63, 3.8) is 0 Å². The lowest BCUT2D eigenvalue weighted by Gasteiger charge is -2.08. The van der Waals surface area contributed by atoms with Crippen molar-refractivity contribution in [3.05, 3.63) is 24.3 Å². The van der Waals surface area contributed by atoms with Gasteiger partial charge < -0.3 is 4.74 Å². The molecule has 0 aliphatic rings. The van der Waals surface area contributed by atoms with Gasteiger partial charge in [0.25, 0.3) is 0 Å². The van der Waals surface area contributed by atoms with Crippen molar-refractivity contribution in [2.24, 2.45) is 5.92 Å². The zero-order chi connectivity index (χ0) is 8.97. The van der Waals surface area contributed by atoms with Crippen LogP contribution in [0.15, 0.2) is 24.3 Å². The molecule has 1 atom stereocenters. The Balaban J connectivity index is 2.48. The van der Waals surface area contributed by atoms with Crippen LogP contribution in [0.25, 0.3) is 0 Å². The Morgan fingerprint density at radius 2 is 1.83 bits per heavy atom. The minimum Gasteiger partial charge on any atom is -0.493 e. The number of ether oxygens (including phenoxy) is 1. The standard InChI is InChI=1S/C10H15OP/c1-8(2)7-11-9-3-5-10(12)6-4-9/h3-6,8H,7,12H2,1-2H3. The summed E-state index contributed by atoms with van der Waals surface area (Å²) in [6, 6.07) is 8.04. The van der Waals surface area contributed by atoms with Crippen LogP contribution in [0.1, 0.15) is 13.8 Å². The molecule has 0 aromatic heterocycles. The van der Waals surface area contributed by atoms with E-state index in [0.29, 0.717) is 5.92 Å². The van der Waals surface area contributed by atoms with Crippen molar-refractivity contribution in [2.75, 3.05) is 6.61 Å². The van der Waals surface area contributed by atoms with Crippen LogP contribution in [-0.4, -0.2) is 6.61 Å². The Bertz CT molecular complexity index is 228. The van der Waals surface area contributed by atoms with Crippen LogP contribution in [0.5, 0.6) is 5.75 Å². The zero-order valence-electron chi connectivity index (χ0n) is 7.58. The molecule has 1 unspecified atom stereocenters. The molecule has 0 heterocycles. The number of hydrogen-bond acceptors (Lipinski definition) is 1. The third-order valence-corrected chi connectivity index (χ3v) is 1.85. The predicted molar refractivity (Wildman–Crippen MR) is 56.1 cm³/mol. The highest BCUT2D eigenvalue weighted by Crippen LogP contribution is 2.09. The minimum atomic E-state index is 0.584. The fourth-order valence-electron chi connectivity index (χ4n) is 0.827. The number of benzene rings is 1. The third-order valence-electron chi connectivity index (χ3n) is 1.46. The van der Waals surface area contributed by atoms with E-state index in [1.807, 2.05) is 24.3 Å². The Labute approximate surface area is 76.3 Å². The lowest BCUT2D eigenvalue weighted by Crippen LogP contribution is -2.04. The van der Waals surface area contributed by atoms with E-state index in [0.717, 1.165) is 12.4 Å². The molecule has 66 valence electrons. The Morgan fingerprint density at radius 1 is 1.25 bits per heavy atom. The zero-order valence-corrected chi connectivity index (χ0v) is 8.73. The summed E-state index contributed by atoms with van der Waals surface area (Å²) in [5, 5.41) is 1.19. The normalized spacial score (nSPS) is 10.3. The molecular weight excluding hydrogens is 167 g/mol. The maximum Gasteiger partial charge on any atom is 0.119 e. The summed E-state index contributed by atoms with van der Waals surface area (Å²) < 4.78 is 5.51. The predicted octanol–water partition coefficient (Wildman–Crippen LogP) is 2.22. The van der Waals surface area contributed by atoms with Gasteiger partial charge in [0.15, 0.2) is 0 Å². The van der Waals surface area contributed by atoms with E-state index in [9.17, 15) is 0 Å². The average Bonchev–Trinajstić information content (AvgIpc) is 2.03. The van der Waals surface area contributed by atoms with Gasteiger partial charge in [-0.25, -0.2) is 0 Å². The highest BCUT2D eigenvalue weighted by Gasteiger charge is 1.95. The van der Waals surface area contributed by atoms with Gasteiger partial charge in [0.2, 0.25) is 0 Å². The van der Waals surface area contributed by atoms with Gasteiger partial charge in [-0.15, -0.1) is 9.24 Å². The highest BCUT2D eigenvalue weighted by atomic mass is 31.0. The quantitative estimate of drug-likeness (QED) is 0.651. The molecule has 1 nitrogen and oxygen atoms in total. The molecule has 0 spiro atoms. The average molecular weight is 182 g/mol. The Morgan fingerprint density at radius 3 is 2.33 bits per heavy atom. The topological polar surface area (TPSA) is 9.23 Å². The van der Waals surface area contributed by atoms with Crippen LogP contribution in [0.4, 0.5) is 0 Å². The van der Waals surface area contributed by atoms with Gasteiger partial charge in [0, 0.05) is 0 Å². The molecule has 1 aromatic rings. The van der Waals surface area contributed by atoms with Crippen LogP contribution < -0.4 is 10.0 Å². The summed E-state index contributed by atoms with van der Waals surface area (Å²) in [5.41, 5.74) is 0. The molecule has 0 amide bonds. The molecule has 0 radical (unpaired) electrons. The van der Waals surface area contributed by atoms with Crippen molar-refractivity contribution in [1.82, 2.24) is 0 Å². The van der Waals surface area contributed by atoms with E-state index in [2.05, 4.69) is 23.1 Å². The van der Waals surface area contributed by atoms with Crippen LogP contribution >= 0.6 is 9.24 Å². The first kappa shape index (κ1) is 9.54. The van der Waals surface area contributed by atoms with Gasteiger partial charge in [-0.2, -0.15) is 0 Å². The smallest absolute Gasteiger partial charge is 0.119 e. The van der Waals surface area contributed by atoms with E-state index >= 15 is 0 Å². The largest absolute Gasteiger partial charge is 0.493 e. The van der Waals surface area contributed by atoms with E-state index in [1.165, 1.54) is 5.30 Å². The van der Waals surface area contributed by atoms with Gasteiger partial charge in [-0.3, -0.25) is 0 Å².